The Morgan fingerprint density at radius 3 is 2.76 bits per heavy atom. The molecule has 3 fully saturated rings. The average molecular weight is 462 g/mol. The minimum absolute atomic E-state index is 0.0205. The number of anilines is 1. The highest BCUT2D eigenvalue weighted by Gasteiger charge is 2.54. The van der Waals surface area contributed by atoms with Crippen LogP contribution < -0.4 is 10.2 Å². The summed E-state index contributed by atoms with van der Waals surface area (Å²) in [6.07, 6.45) is 11.6. The zero-order valence-corrected chi connectivity index (χ0v) is 20.7. The van der Waals surface area contributed by atoms with Crippen molar-refractivity contribution in [1.29, 1.82) is 0 Å². The lowest BCUT2D eigenvalue weighted by atomic mass is 9.68. The van der Waals surface area contributed by atoms with Gasteiger partial charge in [-0.3, -0.25) is 9.78 Å². The van der Waals surface area contributed by atoms with Crippen LogP contribution >= 0.6 is 0 Å². The quantitative estimate of drug-likeness (QED) is 0.567. The zero-order chi connectivity index (χ0) is 23.7. The largest absolute Gasteiger partial charge is 0.371 e. The van der Waals surface area contributed by atoms with Crippen molar-refractivity contribution in [2.45, 2.75) is 71.3 Å². The van der Waals surface area contributed by atoms with E-state index in [1.165, 1.54) is 25.3 Å². The number of amides is 1. The van der Waals surface area contributed by atoms with Gasteiger partial charge in [-0.1, -0.05) is 25.5 Å². The van der Waals surface area contributed by atoms with E-state index in [9.17, 15) is 9.18 Å². The minimum atomic E-state index is -0.234. The summed E-state index contributed by atoms with van der Waals surface area (Å²) in [5, 5.41) is 4.33. The molecule has 1 saturated heterocycles. The first kappa shape index (κ1) is 22.1. The molecule has 1 aliphatic heterocycles. The van der Waals surface area contributed by atoms with Crippen molar-refractivity contribution < 1.29 is 9.18 Å². The summed E-state index contributed by atoms with van der Waals surface area (Å²) in [6, 6.07) is 6.77. The Kier molecular flexibility index (Phi) is 4.89. The molecule has 5 heteroatoms. The number of aromatic nitrogens is 1. The van der Waals surface area contributed by atoms with Crippen LogP contribution in [0.3, 0.4) is 0 Å². The molecule has 1 N–H and O–H groups in total. The van der Waals surface area contributed by atoms with E-state index in [0.717, 1.165) is 60.8 Å². The van der Waals surface area contributed by atoms with Crippen molar-refractivity contribution in [1.82, 2.24) is 10.3 Å². The molecule has 34 heavy (non-hydrogen) atoms. The first-order valence-electron chi connectivity index (χ1n) is 12.9. The fraction of sp³-hybridized carbons (Fsp3) is 0.586. The van der Waals surface area contributed by atoms with Crippen LogP contribution in [0.4, 0.5) is 10.1 Å². The number of hydrogen-bond acceptors (Lipinski definition) is 3. The summed E-state index contributed by atoms with van der Waals surface area (Å²) in [4.78, 5) is 20.0. The first-order valence-corrected chi connectivity index (χ1v) is 12.9. The van der Waals surface area contributed by atoms with Gasteiger partial charge in [-0.15, -0.1) is 0 Å². The molecule has 2 heterocycles. The van der Waals surface area contributed by atoms with E-state index in [4.69, 9.17) is 0 Å². The maximum absolute atomic E-state index is 13.9. The van der Waals surface area contributed by atoms with E-state index >= 15 is 0 Å². The number of halogens is 1. The van der Waals surface area contributed by atoms with Crippen molar-refractivity contribution in [3.63, 3.8) is 0 Å². The molecule has 0 radical (unpaired) electrons. The van der Waals surface area contributed by atoms with Crippen LogP contribution in [0.5, 0.6) is 0 Å². The van der Waals surface area contributed by atoms with Gasteiger partial charge >= 0.3 is 0 Å². The standard InChI is InChI=1S/C29H36FN3O/c1-27(7-10-33(11-8-27)25-6-9-31-24-5-4-21(30)13-22(24)25)17-26(34)32-29(3)15-20-12-19-14-28(2,18-29)16-23(19)20/h4-6,9,13,15,19,23H,7-8,10-12,14,16-18H2,1-3H3,(H,32,34)/t19?,23?,28?,29-/m1/s1. The number of carbonyl (C=O) groups excluding carboxylic acids is 1. The van der Waals surface area contributed by atoms with Crippen LogP contribution in [0, 0.1) is 28.5 Å². The molecule has 0 spiro atoms. The molecule has 4 aliphatic rings. The van der Waals surface area contributed by atoms with Gasteiger partial charge in [0, 0.05) is 36.8 Å². The molecule has 4 nitrogen and oxygen atoms in total. The number of hydrogen-bond donors (Lipinski definition) is 1. The summed E-state index contributed by atoms with van der Waals surface area (Å²) in [6.45, 7) is 8.64. The van der Waals surface area contributed by atoms with Gasteiger partial charge in [0.1, 0.15) is 5.82 Å². The third-order valence-electron chi connectivity index (χ3n) is 9.31. The number of pyridine rings is 1. The van der Waals surface area contributed by atoms with E-state index in [2.05, 4.69) is 42.0 Å². The van der Waals surface area contributed by atoms with Gasteiger partial charge in [-0.25, -0.2) is 4.39 Å². The van der Waals surface area contributed by atoms with Crippen LogP contribution in [0.25, 0.3) is 10.9 Å². The number of rotatable bonds is 4. The zero-order valence-electron chi connectivity index (χ0n) is 20.7. The number of nitrogens with zero attached hydrogens (tertiary/aromatic N) is 2. The summed E-state index contributed by atoms with van der Waals surface area (Å²) in [5.41, 5.74) is 3.56. The lowest BCUT2D eigenvalue weighted by Crippen LogP contribution is -2.50. The van der Waals surface area contributed by atoms with Gasteiger partial charge in [0.15, 0.2) is 0 Å². The van der Waals surface area contributed by atoms with Crippen molar-refractivity contribution in [3.8, 4) is 0 Å². The Balaban J connectivity index is 1.12. The van der Waals surface area contributed by atoms with E-state index in [1.54, 1.807) is 23.9 Å². The monoisotopic (exact) mass is 461 g/mol. The molecule has 3 unspecified atom stereocenters. The Morgan fingerprint density at radius 2 is 1.97 bits per heavy atom. The number of allylic oxidation sites excluding steroid dienone is 1. The summed E-state index contributed by atoms with van der Waals surface area (Å²) in [7, 11) is 0. The molecule has 6 rings (SSSR count). The van der Waals surface area contributed by atoms with Gasteiger partial charge in [0.25, 0.3) is 0 Å². The number of carbonyl (C=O) groups is 1. The number of nitrogens with one attached hydrogen (secondary N) is 1. The Hall–Kier alpha value is -2.43. The van der Waals surface area contributed by atoms with E-state index < -0.39 is 0 Å². The Morgan fingerprint density at radius 1 is 1.18 bits per heavy atom. The van der Waals surface area contributed by atoms with Gasteiger partial charge in [-0.2, -0.15) is 0 Å². The number of fused-ring (bicyclic) bond motifs is 2. The maximum atomic E-state index is 13.9. The third-order valence-corrected chi connectivity index (χ3v) is 9.31. The van der Waals surface area contributed by atoms with Crippen LogP contribution in [-0.2, 0) is 4.79 Å². The third kappa shape index (κ3) is 3.81. The molecular weight excluding hydrogens is 425 g/mol. The van der Waals surface area contributed by atoms with Gasteiger partial charge in [0.2, 0.25) is 5.91 Å². The highest BCUT2D eigenvalue weighted by molar-refractivity contribution is 5.91. The summed E-state index contributed by atoms with van der Waals surface area (Å²) >= 11 is 0. The van der Waals surface area contributed by atoms with Gasteiger partial charge in [-0.05, 0) is 92.4 Å². The minimum Gasteiger partial charge on any atom is -0.371 e. The van der Waals surface area contributed by atoms with E-state index in [-0.39, 0.29) is 22.7 Å². The highest BCUT2D eigenvalue weighted by Crippen LogP contribution is 2.62. The number of piperidine rings is 1. The lowest BCUT2D eigenvalue weighted by molar-refractivity contribution is -0.125. The topological polar surface area (TPSA) is 45.2 Å². The fourth-order valence-electron chi connectivity index (χ4n) is 7.83. The van der Waals surface area contributed by atoms with Crippen molar-refractivity contribution >= 4 is 22.5 Å². The average Bonchev–Trinajstić information content (AvgIpc) is 2.97. The molecular formula is C29H36FN3O. The fourth-order valence-corrected chi connectivity index (χ4v) is 7.83. The SMILES string of the molecule is CC1(CC(=O)N[C@]2(C)C=C3CC4CC(C)(CC34)C2)CCN(c2ccnc3ccc(F)cc23)CC1. The second kappa shape index (κ2) is 7.53. The summed E-state index contributed by atoms with van der Waals surface area (Å²) < 4.78 is 13.9. The molecule has 1 aromatic carbocycles. The smallest absolute Gasteiger partial charge is 0.221 e. The van der Waals surface area contributed by atoms with E-state index in [0.29, 0.717) is 11.8 Å². The molecule has 2 aromatic rings. The second-order valence-corrected chi connectivity index (χ2v) is 12.6. The van der Waals surface area contributed by atoms with Crippen molar-refractivity contribution in [2.75, 3.05) is 18.0 Å². The molecule has 4 atom stereocenters. The molecule has 2 saturated carbocycles. The molecule has 2 bridgehead atoms. The first-order chi connectivity index (χ1) is 16.1. The predicted molar refractivity (Wildman–Crippen MR) is 134 cm³/mol. The van der Waals surface area contributed by atoms with Crippen LogP contribution in [0.2, 0.25) is 0 Å². The second-order valence-electron chi connectivity index (χ2n) is 12.6. The molecule has 3 aliphatic carbocycles. The maximum Gasteiger partial charge on any atom is 0.221 e. The molecule has 1 aromatic heterocycles. The Bertz CT molecular complexity index is 1180. The van der Waals surface area contributed by atoms with Gasteiger partial charge < -0.3 is 10.2 Å². The summed E-state index contributed by atoms with van der Waals surface area (Å²) in [5.74, 6) is 1.63. The van der Waals surface area contributed by atoms with Crippen molar-refractivity contribution in [3.05, 3.63) is 47.9 Å². The molecule has 1 amide bonds. The van der Waals surface area contributed by atoms with Gasteiger partial charge in [0.05, 0.1) is 11.1 Å². The van der Waals surface area contributed by atoms with Crippen LogP contribution in [0.15, 0.2) is 42.1 Å². The van der Waals surface area contributed by atoms with Crippen LogP contribution in [0.1, 0.15) is 65.7 Å². The van der Waals surface area contributed by atoms with Crippen molar-refractivity contribution in [2.24, 2.45) is 22.7 Å². The number of benzene rings is 1. The molecule has 180 valence electrons. The lowest BCUT2D eigenvalue weighted by Gasteiger charge is -2.43. The Labute approximate surface area is 202 Å². The van der Waals surface area contributed by atoms with Crippen LogP contribution in [-0.4, -0.2) is 29.5 Å². The normalized spacial score (nSPS) is 33.8. The predicted octanol–water partition coefficient (Wildman–Crippen LogP) is 6.01. The van der Waals surface area contributed by atoms with E-state index in [1.807, 2.05) is 6.07 Å². The highest BCUT2D eigenvalue weighted by atomic mass is 19.1.